The third-order valence-electron chi connectivity index (χ3n) is 1.76. The highest BCUT2D eigenvalue weighted by molar-refractivity contribution is 4.77. The number of ether oxygens (including phenoxy) is 1. The number of nitrogens with two attached hydrogens (primary N) is 1. The molecular weight excluding hydrogens is 102 g/mol. The van der Waals surface area contributed by atoms with Gasteiger partial charge in [0.05, 0.1) is 6.10 Å². The Morgan fingerprint density at radius 2 is 2.25 bits per heavy atom. The molecule has 2 heteroatoms. The second kappa shape index (κ2) is 2.46. The van der Waals surface area contributed by atoms with Crippen LogP contribution in [0.3, 0.4) is 0 Å². The van der Waals surface area contributed by atoms with Gasteiger partial charge in [-0.2, -0.15) is 0 Å². The van der Waals surface area contributed by atoms with Crippen LogP contribution in [0.4, 0.5) is 0 Å². The molecule has 2 unspecified atom stereocenters. The fourth-order valence-corrected chi connectivity index (χ4v) is 1.19. The van der Waals surface area contributed by atoms with E-state index in [1.165, 1.54) is 0 Å². The molecule has 0 aromatic heterocycles. The van der Waals surface area contributed by atoms with Gasteiger partial charge >= 0.3 is 0 Å². The van der Waals surface area contributed by atoms with Crippen LogP contribution in [0.2, 0.25) is 0 Å². The Bertz CT molecular complexity index is 74.9. The van der Waals surface area contributed by atoms with Gasteiger partial charge in [0.1, 0.15) is 0 Å². The Labute approximate surface area is 50.0 Å². The van der Waals surface area contributed by atoms with Gasteiger partial charge in [-0.3, -0.25) is 0 Å². The third-order valence-corrected chi connectivity index (χ3v) is 1.76. The van der Waals surface area contributed by atoms with Crippen LogP contribution in [0.15, 0.2) is 0 Å². The van der Waals surface area contributed by atoms with Crippen LogP contribution >= 0.6 is 0 Å². The highest BCUT2D eigenvalue weighted by atomic mass is 16.5. The number of rotatable bonds is 1. The number of methoxy groups -OCH3 is 1. The zero-order chi connectivity index (χ0) is 5.98. The first-order valence-corrected chi connectivity index (χ1v) is 3.11. The minimum atomic E-state index is 0.403. The molecule has 0 aromatic rings. The van der Waals surface area contributed by atoms with Crippen molar-refractivity contribution in [3.05, 3.63) is 0 Å². The van der Waals surface area contributed by atoms with Crippen molar-refractivity contribution in [2.75, 3.05) is 7.11 Å². The summed E-state index contributed by atoms with van der Waals surface area (Å²) in [5, 5.41) is 0. The minimum Gasteiger partial charge on any atom is -0.381 e. The molecule has 1 saturated carbocycles. The molecule has 0 aliphatic heterocycles. The van der Waals surface area contributed by atoms with Crippen LogP contribution in [0.5, 0.6) is 0 Å². The summed E-state index contributed by atoms with van der Waals surface area (Å²) in [5.74, 6) is 0. The summed E-state index contributed by atoms with van der Waals surface area (Å²) in [5.41, 5.74) is 5.62. The lowest BCUT2D eigenvalue weighted by Gasteiger charge is -2.04. The van der Waals surface area contributed by atoms with Gasteiger partial charge < -0.3 is 10.5 Å². The average Bonchev–Trinajstić information content (AvgIpc) is 2.14. The summed E-state index contributed by atoms with van der Waals surface area (Å²) in [6.07, 6.45) is 3.79. The molecule has 0 radical (unpaired) electrons. The Kier molecular flexibility index (Phi) is 1.86. The van der Waals surface area contributed by atoms with Crippen molar-refractivity contribution in [3.8, 4) is 0 Å². The molecule has 1 rings (SSSR count). The maximum Gasteiger partial charge on any atom is 0.0586 e. The molecule has 2 nitrogen and oxygen atoms in total. The van der Waals surface area contributed by atoms with E-state index in [0.29, 0.717) is 12.1 Å². The van der Waals surface area contributed by atoms with Gasteiger partial charge in [-0.25, -0.2) is 0 Å². The highest BCUT2D eigenvalue weighted by Crippen LogP contribution is 2.18. The summed E-state index contributed by atoms with van der Waals surface area (Å²) in [7, 11) is 1.75. The van der Waals surface area contributed by atoms with E-state index < -0.39 is 0 Å². The monoisotopic (exact) mass is 115 g/mol. The molecule has 0 heterocycles. The quantitative estimate of drug-likeness (QED) is 0.540. The zero-order valence-electron chi connectivity index (χ0n) is 5.26. The van der Waals surface area contributed by atoms with Crippen LogP contribution < -0.4 is 5.73 Å². The molecule has 0 saturated heterocycles. The van der Waals surface area contributed by atoms with E-state index in [2.05, 4.69) is 0 Å². The molecule has 0 spiro atoms. The Morgan fingerprint density at radius 3 is 2.50 bits per heavy atom. The van der Waals surface area contributed by atoms with Gasteiger partial charge in [-0.1, -0.05) is 0 Å². The van der Waals surface area contributed by atoms with Crippen LogP contribution in [-0.2, 0) is 4.74 Å². The van der Waals surface area contributed by atoms with Crippen molar-refractivity contribution in [2.45, 2.75) is 31.4 Å². The van der Waals surface area contributed by atoms with Gasteiger partial charge in [0.2, 0.25) is 0 Å². The summed E-state index contributed by atoms with van der Waals surface area (Å²) >= 11 is 0. The van der Waals surface area contributed by atoms with Crippen LogP contribution in [-0.4, -0.2) is 19.3 Å². The smallest absolute Gasteiger partial charge is 0.0586 e. The van der Waals surface area contributed by atoms with Gasteiger partial charge in [0.25, 0.3) is 0 Å². The van der Waals surface area contributed by atoms with Crippen LogP contribution in [0.1, 0.15) is 19.3 Å². The largest absolute Gasteiger partial charge is 0.381 e. The molecule has 2 atom stereocenters. The molecule has 8 heavy (non-hydrogen) atoms. The predicted molar refractivity (Wildman–Crippen MR) is 32.6 cm³/mol. The summed E-state index contributed by atoms with van der Waals surface area (Å²) in [6.45, 7) is 0. The first kappa shape index (κ1) is 6.05. The molecule has 1 aliphatic carbocycles. The van der Waals surface area contributed by atoms with Gasteiger partial charge in [-0.15, -0.1) is 0 Å². The van der Waals surface area contributed by atoms with E-state index in [1.807, 2.05) is 0 Å². The van der Waals surface area contributed by atoms with E-state index in [0.717, 1.165) is 19.3 Å². The lowest BCUT2D eigenvalue weighted by atomic mass is 10.3. The van der Waals surface area contributed by atoms with Crippen LogP contribution in [0, 0.1) is 0 Å². The normalized spacial score (nSPS) is 38.2. The first-order valence-electron chi connectivity index (χ1n) is 3.11. The second-order valence-corrected chi connectivity index (χ2v) is 2.43. The maximum atomic E-state index is 5.62. The molecule has 0 amide bonds. The van der Waals surface area contributed by atoms with Crippen molar-refractivity contribution >= 4 is 0 Å². The van der Waals surface area contributed by atoms with Crippen molar-refractivity contribution in [2.24, 2.45) is 5.73 Å². The van der Waals surface area contributed by atoms with Crippen LogP contribution in [0.25, 0.3) is 0 Å². The Morgan fingerprint density at radius 1 is 1.50 bits per heavy atom. The summed E-state index contributed by atoms with van der Waals surface area (Å²) in [4.78, 5) is 0. The van der Waals surface area contributed by atoms with E-state index in [-0.39, 0.29) is 0 Å². The average molecular weight is 115 g/mol. The molecule has 1 fully saturated rings. The Balaban J connectivity index is 2.22. The molecule has 1 aliphatic rings. The number of hydrogen-bond acceptors (Lipinski definition) is 2. The zero-order valence-corrected chi connectivity index (χ0v) is 5.26. The third kappa shape index (κ3) is 1.20. The van der Waals surface area contributed by atoms with Gasteiger partial charge in [0.15, 0.2) is 0 Å². The topological polar surface area (TPSA) is 35.2 Å². The van der Waals surface area contributed by atoms with Crippen molar-refractivity contribution in [1.82, 2.24) is 0 Å². The van der Waals surface area contributed by atoms with Crippen molar-refractivity contribution < 1.29 is 4.74 Å². The highest BCUT2D eigenvalue weighted by Gasteiger charge is 2.20. The van der Waals surface area contributed by atoms with E-state index >= 15 is 0 Å². The van der Waals surface area contributed by atoms with Crippen molar-refractivity contribution in [1.29, 1.82) is 0 Å². The maximum absolute atomic E-state index is 5.62. The lowest BCUT2D eigenvalue weighted by molar-refractivity contribution is 0.108. The lowest BCUT2D eigenvalue weighted by Crippen LogP contribution is -2.16. The first-order chi connectivity index (χ1) is 3.83. The predicted octanol–water partition coefficient (Wildman–Crippen LogP) is 0.513. The standard InChI is InChI=1S/C6H13NO/c1-8-6-3-2-5(7)4-6/h5-6H,2-4,7H2,1H3. The summed E-state index contributed by atoms with van der Waals surface area (Å²) in [6, 6.07) is 0.403. The fourth-order valence-electron chi connectivity index (χ4n) is 1.19. The van der Waals surface area contributed by atoms with E-state index in [1.54, 1.807) is 7.11 Å². The molecule has 2 N–H and O–H groups in total. The van der Waals surface area contributed by atoms with E-state index in [4.69, 9.17) is 10.5 Å². The molecular formula is C6H13NO. The minimum absolute atomic E-state index is 0.403. The molecule has 0 bridgehead atoms. The SMILES string of the molecule is COC1CCC(N)C1. The van der Waals surface area contributed by atoms with Gasteiger partial charge in [-0.05, 0) is 19.3 Å². The fraction of sp³-hybridized carbons (Fsp3) is 1.00. The Hall–Kier alpha value is -0.0800. The van der Waals surface area contributed by atoms with Gasteiger partial charge in [0, 0.05) is 13.2 Å². The summed E-state index contributed by atoms with van der Waals surface area (Å²) < 4.78 is 5.10. The molecule has 0 aromatic carbocycles. The molecule has 48 valence electrons. The van der Waals surface area contributed by atoms with Crippen molar-refractivity contribution in [3.63, 3.8) is 0 Å². The number of hydrogen-bond donors (Lipinski definition) is 1. The second-order valence-electron chi connectivity index (χ2n) is 2.43. The van der Waals surface area contributed by atoms with E-state index in [9.17, 15) is 0 Å².